The van der Waals surface area contributed by atoms with Crippen LogP contribution in [-0.2, 0) is 28.6 Å². The molecule has 0 bridgehead atoms. The van der Waals surface area contributed by atoms with E-state index in [0.29, 0.717) is 19.3 Å². The van der Waals surface area contributed by atoms with Gasteiger partial charge in [-0.05, 0) is 57.8 Å². The molecule has 0 rings (SSSR count). The number of rotatable bonds is 44. The van der Waals surface area contributed by atoms with Crippen LogP contribution in [0.4, 0.5) is 0 Å². The topological polar surface area (TPSA) is 78.9 Å². The van der Waals surface area contributed by atoms with Crippen LogP contribution in [0.15, 0.2) is 48.6 Å². The maximum absolute atomic E-state index is 12.7. The van der Waals surface area contributed by atoms with E-state index in [0.717, 1.165) is 77.0 Å². The van der Waals surface area contributed by atoms with Gasteiger partial charge in [0, 0.05) is 19.3 Å². The molecule has 0 heterocycles. The van der Waals surface area contributed by atoms with E-state index in [9.17, 15) is 14.4 Å². The summed E-state index contributed by atoms with van der Waals surface area (Å²) >= 11 is 0. The Morgan fingerprint density at radius 2 is 0.672 bits per heavy atom. The highest BCUT2D eigenvalue weighted by atomic mass is 16.6. The van der Waals surface area contributed by atoms with E-state index in [-0.39, 0.29) is 37.5 Å². The van der Waals surface area contributed by atoms with Gasteiger partial charge in [-0.1, -0.05) is 217 Å². The van der Waals surface area contributed by atoms with E-state index >= 15 is 0 Å². The van der Waals surface area contributed by atoms with Crippen molar-refractivity contribution in [2.45, 2.75) is 252 Å². The molecule has 1 atom stereocenters. The number of unbranched alkanes of at least 4 members (excludes halogenated alkanes) is 25. The zero-order valence-electron chi connectivity index (χ0n) is 38.3. The normalized spacial score (nSPS) is 12.4. The standard InChI is InChI=1S/C52H92O6/c1-4-7-10-13-16-19-21-23-25-27-28-30-33-36-39-42-45-51(54)57-48-49(47-56-50(53)44-41-38-35-32-18-15-12-9-6-3)58-52(55)46-43-40-37-34-31-29-26-24-22-20-17-14-11-8-5-2/h8,11,17,20,24,26,31,34,49H,4-7,9-10,12-16,18-19,21-23,25,27-30,32-33,35-48H2,1-3H3/b11-8-,20-17-,26-24-,34-31-. The molecule has 0 aliphatic rings. The molecule has 58 heavy (non-hydrogen) atoms. The first kappa shape index (κ1) is 55.4. The quantitative estimate of drug-likeness (QED) is 0.0264. The van der Waals surface area contributed by atoms with Gasteiger partial charge in [-0.3, -0.25) is 14.4 Å². The number of esters is 3. The van der Waals surface area contributed by atoms with E-state index in [2.05, 4.69) is 69.4 Å². The SMILES string of the molecule is CC/C=C\C/C=C\C/C=C\C/C=C\CCCCC(=O)OC(COC(=O)CCCCCCCCCCC)COC(=O)CCCCCCCCCCCCCCCCCC. The van der Waals surface area contributed by atoms with Gasteiger partial charge in [0.25, 0.3) is 0 Å². The van der Waals surface area contributed by atoms with Crippen LogP contribution in [0.5, 0.6) is 0 Å². The van der Waals surface area contributed by atoms with E-state index < -0.39 is 6.10 Å². The third-order valence-electron chi connectivity index (χ3n) is 10.6. The molecule has 336 valence electrons. The molecule has 0 aliphatic carbocycles. The predicted molar refractivity (Wildman–Crippen MR) is 247 cm³/mol. The first-order chi connectivity index (χ1) is 28.5. The Labute approximate surface area is 358 Å². The van der Waals surface area contributed by atoms with Gasteiger partial charge >= 0.3 is 17.9 Å². The molecular weight excluding hydrogens is 721 g/mol. The molecule has 0 spiro atoms. The largest absolute Gasteiger partial charge is 0.462 e. The highest BCUT2D eigenvalue weighted by Crippen LogP contribution is 2.15. The molecule has 0 amide bonds. The Morgan fingerprint density at radius 1 is 0.362 bits per heavy atom. The van der Waals surface area contributed by atoms with E-state index in [1.165, 1.54) is 122 Å². The molecule has 0 saturated carbocycles. The van der Waals surface area contributed by atoms with Gasteiger partial charge in [-0.15, -0.1) is 0 Å². The van der Waals surface area contributed by atoms with E-state index in [1.807, 2.05) is 0 Å². The van der Waals surface area contributed by atoms with Crippen LogP contribution in [-0.4, -0.2) is 37.2 Å². The Hall–Kier alpha value is -2.63. The lowest BCUT2D eigenvalue weighted by Gasteiger charge is -2.18. The van der Waals surface area contributed by atoms with Crippen LogP contribution < -0.4 is 0 Å². The second-order valence-corrected chi connectivity index (χ2v) is 16.4. The lowest BCUT2D eigenvalue weighted by atomic mass is 10.0. The summed E-state index contributed by atoms with van der Waals surface area (Å²) in [5, 5.41) is 0. The fraction of sp³-hybridized carbons (Fsp3) is 0.788. The van der Waals surface area contributed by atoms with Gasteiger partial charge in [0.15, 0.2) is 6.10 Å². The lowest BCUT2D eigenvalue weighted by Crippen LogP contribution is -2.30. The van der Waals surface area contributed by atoms with Crippen LogP contribution in [0.2, 0.25) is 0 Å². The number of ether oxygens (including phenoxy) is 3. The number of carbonyl (C=O) groups excluding carboxylic acids is 3. The maximum atomic E-state index is 12.7. The molecule has 6 nitrogen and oxygen atoms in total. The molecule has 0 aromatic heterocycles. The summed E-state index contributed by atoms with van der Waals surface area (Å²) in [6.45, 7) is 6.48. The molecule has 0 aromatic carbocycles. The molecule has 6 heteroatoms. The summed E-state index contributed by atoms with van der Waals surface area (Å²) in [5.74, 6) is -0.925. The Morgan fingerprint density at radius 3 is 1.05 bits per heavy atom. The van der Waals surface area contributed by atoms with Crippen molar-refractivity contribution in [3.05, 3.63) is 48.6 Å². The Balaban J connectivity index is 4.37. The van der Waals surface area contributed by atoms with Gasteiger partial charge in [0.1, 0.15) is 13.2 Å². The van der Waals surface area contributed by atoms with E-state index in [4.69, 9.17) is 14.2 Å². The lowest BCUT2D eigenvalue weighted by molar-refractivity contribution is -0.167. The Bertz CT molecular complexity index is 1030. The average molecular weight is 813 g/mol. The minimum Gasteiger partial charge on any atom is -0.462 e. The van der Waals surface area contributed by atoms with Crippen LogP contribution >= 0.6 is 0 Å². The van der Waals surface area contributed by atoms with Crippen LogP contribution in [0.3, 0.4) is 0 Å². The van der Waals surface area contributed by atoms with Crippen molar-refractivity contribution in [3.8, 4) is 0 Å². The number of allylic oxidation sites excluding steroid dienone is 8. The molecular formula is C52H92O6. The number of carbonyl (C=O) groups is 3. The first-order valence-corrected chi connectivity index (χ1v) is 24.6. The molecule has 0 radical (unpaired) electrons. The molecule has 0 fully saturated rings. The minimum atomic E-state index is -0.788. The fourth-order valence-corrected chi connectivity index (χ4v) is 6.90. The Kier molecular flexibility index (Phi) is 44.9. The highest BCUT2D eigenvalue weighted by Gasteiger charge is 2.19. The van der Waals surface area contributed by atoms with Crippen LogP contribution in [0, 0.1) is 0 Å². The summed E-state index contributed by atoms with van der Waals surface area (Å²) in [7, 11) is 0. The molecule has 1 unspecified atom stereocenters. The smallest absolute Gasteiger partial charge is 0.306 e. The van der Waals surface area contributed by atoms with Crippen molar-refractivity contribution < 1.29 is 28.6 Å². The number of hydrogen-bond acceptors (Lipinski definition) is 6. The van der Waals surface area contributed by atoms with Crippen molar-refractivity contribution in [2.75, 3.05) is 13.2 Å². The summed E-state index contributed by atoms with van der Waals surface area (Å²) in [4.78, 5) is 37.8. The highest BCUT2D eigenvalue weighted by molar-refractivity contribution is 5.71. The summed E-state index contributed by atoms with van der Waals surface area (Å²) in [6, 6.07) is 0. The molecule has 0 N–H and O–H groups in total. The number of hydrogen-bond donors (Lipinski definition) is 0. The van der Waals surface area contributed by atoms with E-state index in [1.54, 1.807) is 0 Å². The van der Waals surface area contributed by atoms with Crippen LogP contribution in [0.25, 0.3) is 0 Å². The third-order valence-corrected chi connectivity index (χ3v) is 10.6. The third kappa shape index (κ3) is 44.5. The average Bonchev–Trinajstić information content (AvgIpc) is 3.22. The predicted octanol–water partition coefficient (Wildman–Crippen LogP) is 15.9. The second kappa shape index (κ2) is 47.1. The van der Waals surface area contributed by atoms with Gasteiger partial charge in [0.2, 0.25) is 0 Å². The zero-order chi connectivity index (χ0) is 42.3. The fourth-order valence-electron chi connectivity index (χ4n) is 6.90. The zero-order valence-corrected chi connectivity index (χ0v) is 38.3. The minimum absolute atomic E-state index is 0.0866. The molecule has 0 aromatic rings. The summed E-state index contributed by atoms with van der Waals surface area (Å²) in [6.07, 6.45) is 55.3. The monoisotopic (exact) mass is 813 g/mol. The van der Waals surface area contributed by atoms with Gasteiger partial charge in [0.05, 0.1) is 0 Å². The van der Waals surface area contributed by atoms with Gasteiger partial charge in [-0.25, -0.2) is 0 Å². The second-order valence-electron chi connectivity index (χ2n) is 16.4. The van der Waals surface area contributed by atoms with Crippen molar-refractivity contribution in [2.24, 2.45) is 0 Å². The summed E-state index contributed by atoms with van der Waals surface area (Å²) < 4.78 is 16.7. The van der Waals surface area contributed by atoms with Crippen LogP contribution in [0.1, 0.15) is 245 Å². The maximum Gasteiger partial charge on any atom is 0.306 e. The first-order valence-electron chi connectivity index (χ1n) is 24.6. The van der Waals surface area contributed by atoms with Crippen molar-refractivity contribution in [1.82, 2.24) is 0 Å². The van der Waals surface area contributed by atoms with Gasteiger partial charge in [-0.2, -0.15) is 0 Å². The van der Waals surface area contributed by atoms with Crippen molar-refractivity contribution in [3.63, 3.8) is 0 Å². The molecule has 0 aliphatic heterocycles. The van der Waals surface area contributed by atoms with Crippen molar-refractivity contribution >= 4 is 17.9 Å². The van der Waals surface area contributed by atoms with Crippen molar-refractivity contribution in [1.29, 1.82) is 0 Å². The summed E-state index contributed by atoms with van der Waals surface area (Å²) in [5.41, 5.74) is 0. The van der Waals surface area contributed by atoms with Gasteiger partial charge < -0.3 is 14.2 Å². The molecule has 0 saturated heterocycles.